The predicted molar refractivity (Wildman–Crippen MR) is 77.3 cm³/mol. The van der Waals surface area contributed by atoms with E-state index in [1.807, 2.05) is 18.2 Å². The topological polar surface area (TPSA) is 50.7 Å². The monoisotopic (exact) mass is 277 g/mol. The van der Waals surface area contributed by atoms with Crippen LogP contribution in [0.25, 0.3) is 0 Å². The van der Waals surface area contributed by atoms with Gasteiger partial charge in [0.2, 0.25) is 0 Å². The van der Waals surface area contributed by atoms with Gasteiger partial charge in [0, 0.05) is 6.04 Å². The number of hydrogen-bond donors (Lipinski definition) is 2. The maximum atomic E-state index is 10.4. The van der Waals surface area contributed by atoms with E-state index in [1.165, 1.54) is 19.3 Å². The molecule has 2 unspecified atom stereocenters. The molecule has 20 heavy (non-hydrogen) atoms. The lowest BCUT2D eigenvalue weighted by atomic mass is 9.98. The summed E-state index contributed by atoms with van der Waals surface area (Å²) in [6.45, 7) is 2.25. The largest absolute Gasteiger partial charge is 0.486 e. The molecule has 0 radical (unpaired) electrons. The van der Waals surface area contributed by atoms with Crippen molar-refractivity contribution in [3.63, 3.8) is 0 Å². The van der Waals surface area contributed by atoms with Crippen LogP contribution in [-0.4, -0.2) is 30.9 Å². The van der Waals surface area contributed by atoms with Crippen LogP contribution in [0, 0.1) is 0 Å². The van der Waals surface area contributed by atoms with Crippen LogP contribution < -0.4 is 14.8 Å². The van der Waals surface area contributed by atoms with Gasteiger partial charge in [0.15, 0.2) is 11.5 Å². The highest BCUT2D eigenvalue weighted by atomic mass is 16.6. The molecule has 0 spiro atoms. The molecule has 0 saturated carbocycles. The maximum Gasteiger partial charge on any atom is 0.161 e. The first-order valence-corrected chi connectivity index (χ1v) is 7.64. The van der Waals surface area contributed by atoms with Gasteiger partial charge >= 0.3 is 0 Å². The molecule has 0 amide bonds. The standard InChI is InChI=1S/C16H23NO3/c18-14(11-13-4-2-1-3-7-17-13)12-5-6-15-16(10-12)20-9-8-19-15/h5-6,10,13-14,17-18H,1-4,7-9,11H2. The molecular weight excluding hydrogens is 254 g/mol. The molecule has 1 saturated heterocycles. The van der Waals surface area contributed by atoms with E-state index >= 15 is 0 Å². The van der Waals surface area contributed by atoms with Crippen LogP contribution in [-0.2, 0) is 0 Å². The van der Waals surface area contributed by atoms with Crippen molar-refractivity contribution in [2.45, 2.75) is 44.2 Å². The zero-order valence-electron chi connectivity index (χ0n) is 11.8. The summed E-state index contributed by atoms with van der Waals surface area (Å²) in [7, 11) is 0. The second-order valence-electron chi connectivity index (χ2n) is 5.65. The second-order valence-corrected chi connectivity index (χ2v) is 5.65. The van der Waals surface area contributed by atoms with Crippen molar-refractivity contribution in [2.24, 2.45) is 0 Å². The molecule has 1 aromatic rings. The van der Waals surface area contributed by atoms with Crippen molar-refractivity contribution in [1.29, 1.82) is 0 Å². The van der Waals surface area contributed by atoms with Crippen LogP contribution in [0.5, 0.6) is 11.5 Å². The third-order valence-electron chi connectivity index (χ3n) is 4.12. The SMILES string of the molecule is OC(CC1CCCCCN1)c1ccc2c(c1)OCCO2. The van der Waals surface area contributed by atoms with Crippen molar-refractivity contribution in [3.05, 3.63) is 23.8 Å². The molecule has 110 valence electrons. The Labute approximate surface area is 120 Å². The van der Waals surface area contributed by atoms with Crippen LogP contribution in [0.3, 0.4) is 0 Å². The van der Waals surface area contributed by atoms with Gasteiger partial charge in [0.05, 0.1) is 6.10 Å². The average Bonchev–Trinajstić information content (AvgIpc) is 2.75. The van der Waals surface area contributed by atoms with Crippen LogP contribution >= 0.6 is 0 Å². The van der Waals surface area contributed by atoms with Gasteiger partial charge in [-0.1, -0.05) is 18.9 Å². The van der Waals surface area contributed by atoms with Gasteiger partial charge in [-0.25, -0.2) is 0 Å². The first-order valence-electron chi connectivity index (χ1n) is 7.64. The number of benzene rings is 1. The highest BCUT2D eigenvalue weighted by Crippen LogP contribution is 2.33. The van der Waals surface area contributed by atoms with E-state index in [9.17, 15) is 5.11 Å². The van der Waals surface area contributed by atoms with Crippen LogP contribution in [0.2, 0.25) is 0 Å². The van der Waals surface area contributed by atoms with E-state index in [-0.39, 0.29) is 0 Å². The fourth-order valence-corrected chi connectivity index (χ4v) is 2.97. The van der Waals surface area contributed by atoms with E-state index in [0.717, 1.165) is 36.4 Å². The number of fused-ring (bicyclic) bond motifs is 1. The summed E-state index contributed by atoms with van der Waals surface area (Å²) in [6.07, 6.45) is 5.27. The normalized spacial score (nSPS) is 23.9. The number of ether oxygens (including phenoxy) is 2. The molecule has 2 N–H and O–H groups in total. The lowest BCUT2D eigenvalue weighted by molar-refractivity contribution is 0.146. The van der Waals surface area contributed by atoms with E-state index in [4.69, 9.17) is 9.47 Å². The Morgan fingerprint density at radius 2 is 2.00 bits per heavy atom. The third-order valence-corrected chi connectivity index (χ3v) is 4.12. The fourth-order valence-electron chi connectivity index (χ4n) is 2.97. The van der Waals surface area contributed by atoms with Gasteiger partial charge in [0.25, 0.3) is 0 Å². The van der Waals surface area contributed by atoms with Crippen molar-refractivity contribution in [1.82, 2.24) is 5.32 Å². The third kappa shape index (κ3) is 3.25. The minimum Gasteiger partial charge on any atom is -0.486 e. The minimum atomic E-state index is -0.443. The van der Waals surface area contributed by atoms with Gasteiger partial charge in [-0.3, -0.25) is 0 Å². The number of rotatable bonds is 3. The van der Waals surface area contributed by atoms with E-state index in [2.05, 4.69) is 5.32 Å². The summed E-state index contributed by atoms with van der Waals surface area (Å²) < 4.78 is 11.1. The molecule has 2 aliphatic heterocycles. The Hall–Kier alpha value is -1.26. The average molecular weight is 277 g/mol. The molecule has 4 heteroatoms. The smallest absolute Gasteiger partial charge is 0.161 e. The summed E-state index contributed by atoms with van der Waals surface area (Å²) in [5, 5.41) is 14.0. The molecule has 2 heterocycles. The van der Waals surface area contributed by atoms with Gasteiger partial charge in [-0.05, 0) is 43.5 Å². The molecule has 4 nitrogen and oxygen atoms in total. The zero-order chi connectivity index (χ0) is 13.8. The Balaban J connectivity index is 1.65. The summed E-state index contributed by atoms with van der Waals surface area (Å²) >= 11 is 0. The highest BCUT2D eigenvalue weighted by molar-refractivity contribution is 5.44. The van der Waals surface area contributed by atoms with Gasteiger partial charge in [0.1, 0.15) is 13.2 Å². The first-order chi connectivity index (χ1) is 9.83. The first kappa shape index (κ1) is 13.7. The Morgan fingerprint density at radius 1 is 1.15 bits per heavy atom. The van der Waals surface area contributed by atoms with Crippen LogP contribution in [0.1, 0.15) is 43.8 Å². The lowest BCUT2D eigenvalue weighted by Gasteiger charge is -2.22. The fraction of sp³-hybridized carbons (Fsp3) is 0.625. The zero-order valence-corrected chi connectivity index (χ0v) is 11.8. The van der Waals surface area contributed by atoms with Crippen LogP contribution in [0.15, 0.2) is 18.2 Å². The van der Waals surface area contributed by atoms with Gasteiger partial charge < -0.3 is 19.9 Å². The molecule has 3 rings (SSSR count). The van der Waals surface area contributed by atoms with Crippen LogP contribution in [0.4, 0.5) is 0 Å². The number of nitrogens with one attached hydrogen (secondary N) is 1. The quantitative estimate of drug-likeness (QED) is 0.891. The summed E-state index contributed by atoms with van der Waals surface area (Å²) in [6, 6.07) is 6.17. The van der Waals surface area contributed by atoms with E-state index in [1.54, 1.807) is 0 Å². The second kappa shape index (κ2) is 6.46. The van der Waals surface area contributed by atoms with Crippen molar-refractivity contribution >= 4 is 0 Å². The molecule has 0 aliphatic carbocycles. The van der Waals surface area contributed by atoms with E-state index in [0.29, 0.717) is 19.3 Å². The Morgan fingerprint density at radius 3 is 2.90 bits per heavy atom. The van der Waals surface area contributed by atoms with Crippen molar-refractivity contribution in [2.75, 3.05) is 19.8 Å². The van der Waals surface area contributed by atoms with E-state index < -0.39 is 6.10 Å². The predicted octanol–water partition coefficient (Wildman–Crippen LogP) is 2.41. The van der Waals surface area contributed by atoms with Gasteiger partial charge in [-0.2, -0.15) is 0 Å². The molecule has 2 aliphatic rings. The number of aliphatic hydroxyl groups is 1. The maximum absolute atomic E-state index is 10.4. The summed E-state index contributed by atoms with van der Waals surface area (Å²) in [4.78, 5) is 0. The molecule has 1 aromatic carbocycles. The lowest BCUT2D eigenvalue weighted by Crippen LogP contribution is -2.29. The molecular formula is C16H23NO3. The summed E-state index contributed by atoms with van der Waals surface area (Å²) in [5.74, 6) is 1.53. The Bertz CT molecular complexity index is 441. The molecule has 0 bridgehead atoms. The molecule has 0 aromatic heterocycles. The molecule has 2 atom stereocenters. The Kier molecular flexibility index (Phi) is 4.43. The van der Waals surface area contributed by atoms with Gasteiger partial charge in [-0.15, -0.1) is 0 Å². The van der Waals surface area contributed by atoms with Crippen molar-refractivity contribution < 1.29 is 14.6 Å². The number of hydrogen-bond acceptors (Lipinski definition) is 4. The highest BCUT2D eigenvalue weighted by Gasteiger charge is 2.19. The molecule has 1 fully saturated rings. The number of aliphatic hydroxyl groups excluding tert-OH is 1. The van der Waals surface area contributed by atoms with Crippen molar-refractivity contribution in [3.8, 4) is 11.5 Å². The minimum absolute atomic E-state index is 0.417. The summed E-state index contributed by atoms with van der Waals surface area (Å²) in [5.41, 5.74) is 0.917.